The zero-order valence-electron chi connectivity index (χ0n) is 8.89. The Kier molecular flexibility index (Phi) is 3.09. The van der Waals surface area contributed by atoms with E-state index in [2.05, 4.69) is 0 Å². The van der Waals surface area contributed by atoms with E-state index >= 15 is 0 Å². The van der Waals surface area contributed by atoms with E-state index in [1.807, 2.05) is 0 Å². The van der Waals surface area contributed by atoms with Gasteiger partial charge in [-0.2, -0.15) is 0 Å². The first kappa shape index (κ1) is 11.6. The van der Waals surface area contributed by atoms with Gasteiger partial charge in [0.25, 0.3) is 0 Å². The summed E-state index contributed by atoms with van der Waals surface area (Å²) in [7, 11) is -0.311. The summed E-state index contributed by atoms with van der Waals surface area (Å²) in [5, 5.41) is 0. The molecule has 0 unspecified atom stereocenters. The summed E-state index contributed by atoms with van der Waals surface area (Å²) in [4.78, 5) is 0. The van der Waals surface area contributed by atoms with Crippen molar-refractivity contribution in [3.05, 3.63) is 18.2 Å². The molecule has 0 heterocycles. The van der Waals surface area contributed by atoms with Crippen LogP contribution in [-0.2, 0) is 10.0 Å². The van der Waals surface area contributed by atoms with E-state index in [1.165, 1.54) is 14.2 Å². The molecule has 0 aliphatic heterocycles. The Balaban J connectivity index is 3.17. The number of benzene rings is 1. The van der Waals surface area contributed by atoms with Gasteiger partial charge in [-0.05, 0) is 12.1 Å². The molecule has 0 atom stereocenters. The summed E-state index contributed by atoms with van der Waals surface area (Å²) in [5.41, 5.74) is 6.51. The zero-order chi connectivity index (χ0) is 11.6. The molecule has 1 aromatic carbocycles. The Morgan fingerprint density at radius 1 is 1.40 bits per heavy atom. The lowest BCUT2D eigenvalue weighted by Crippen LogP contribution is -2.25. The van der Waals surface area contributed by atoms with Crippen molar-refractivity contribution in [2.45, 2.75) is 0 Å². The van der Waals surface area contributed by atoms with Crippen LogP contribution in [0.2, 0.25) is 0 Å². The van der Waals surface area contributed by atoms with E-state index < -0.39 is 10.0 Å². The van der Waals surface area contributed by atoms with Crippen molar-refractivity contribution in [2.24, 2.45) is 0 Å². The van der Waals surface area contributed by atoms with Gasteiger partial charge in [0, 0.05) is 13.1 Å². The van der Waals surface area contributed by atoms with Crippen LogP contribution in [-0.4, -0.2) is 28.8 Å². The Morgan fingerprint density at radius 3 is 2.40 bits per heavy atom. The summed E-state index contributed by atoms with van der Waals surface area (Å²) < 4.78 is 28.6. The summed E-state index contributed by atoms with van der Waals surface area (Å²) in [6.45, 7) is 0. The van der Waals surface area contributed by atoms with Crippen molar-refractivity contribution >= 4 is 21.4 Å². The molecular weight excluding hydrogens is 216 g/mol. The number of rotatable bonds is 3. The van der Waals surface area contributed by atoms with Crippen LogP contribution in [0.15, 0.2) is 18.2 Å². The molecule has 0 saturated heterocycles. The first-order valence-electron chi connectivity index (χ1n) is 4.23. The van der Waals surface area contributed by atoms with Crippen molar-refractivity contribution in [1.82, 2.24) is 0 Å². The number of anilines is 2. The van der Waals surface area contributed by atoms with Gasteiger partial charge >= 0.3 is 0 Å². The summed E-state index contributed by atoms with van der Waals surface area (Å²) >= 11 is 0. The van der Waals surface area contributed by atoms with Crippen LogP contribution < -0.4 is 14.8 Å². The number of nitrogens with two attached hydrogens (primary N) is 1. The van der Waals surface area contributed by atoms with Crippen LogP contribution in [0, 0.1) is 0 Å². The van der Waals surface area contributed by atoms with Crippen molar-refractivity contribution in [3.8, 4) is 5.75 Å². The molecule has 0 fully saturated rings. The van der Waals surface area contributed by atoms with Gasteiger partial charge in [-0.25, -0.2) is 8.42 Å². The molecule has 0 saturated carbocycles. The quantitative estimate of drug-likeness (QED) is 0.775. The highest BCUT2D eigenvalue weighted by Crippen LogP contribution is 2.27. The lowest BCUT2D eigenvalue weighted by molar-refractivity contribution is 0.415. The maximum absolute atomic E-state index is 11.3. The molecule has 0 aliphatic rings. The predicted octanol–water partition coefficient (Wildman–Crippen LogP) is 0.673. The highest BCUT2D eigenvalue weighted by atomic mass is 32.2. The van der Waals surface area contributed by atoms with Crippen molar-refractivity contribution in [3.63, 3.8) is 0 Å². The third-order valence-corrected chi connectivity index (χ3v) is 3.26. The van der Waals surface area contributed by atoms with Gasteiger partial charge < -0.3 is 10.5 Å². The van der Waals surface area contributed by atoms with Gasteiger partial charge in [0.15, 0.2) is 0 Å². The fraction of sp³-hybridized carbons (Fsp3) is 0.333. The van der Waals surface area contributed by atoms with E-state index in [0.717, 1.165) is 10.6 Å². The standard InChI is InChI=1S/C9H14N2O3S/c1-11(15(3,12)13)9-5-4-7(14-2)6-8(9)10/h4-6H,10H2,1-3H3. The molecule has 0 bridgehead atoms. The molecule has 1 rings (SSSR count). The fourth-order valence-corrected chi connectivity index (χ4v) is 1.65. The zero-order valence-corrected chi connectivity index (χ0v) is 9.71. The molecule has 15 heavy (non-hydrogen) atoms. The predicted molar refractivity (Wildman–Crippen MR) is 60.7 cm³/mol. The number of hydrogen-bond donors (Lipinski definition) is 1. The van der Waals surface area contributed by atoms with E-state index in [0.29, 0.717) is 17.1 Å². The summed E-state index contributed by atoms with van der Waals surface area (Å²) in [5.74, 6) is 0.596. The first-order valence-corrected chi connectivity index (χ1v) is 6.08. The largest absolute Gasteiger partial charge is 0.497 e. The van der Waals surface area contributed by atoms with Crippen LogP contribution >= 0.6 is 0 Å². The molecule has 2 N–H and O–H groups in total. The van der Waals surface area contributed by atoms with Gasteiger partial charge in [-0.3, -0.25) is 4.31 Å². The van der Waals surface area contributed by atoms with Gasteiger partial charge in [0.2, 0.25) is 10.0 Å². The molecule has 84 valence electrons. The lowest BCUT2D eigenvalue weighted by Gasteiger charge is -2.18. The first-order chi connectivity index (χ1) is 6.86. The second-order valence-electron chi connectivity index (χ2n) is 3.16. The smallest absolute Gasteiger partial charge is 0.232 e. The maximum Gasteiger partial charge on any atom is 0.232 e. The minimum absolute atomic E-state index is 0.363. The monoisotopic (exact) mass is 230 g/mol. The molecule has 0 aromatic heterocycles. The van der Waals surface area contributed by atoms with Crippen LogP contribution in [0.5, 0.6) is 5.75 Å². The Bertz CT molecular complexity index is 456. The van der Waals surface area contributed by atoms with Crippen molar-refractivity contribution in [1.29, 1.82) is 0 Å². The van der Waals surface area contributed by atoms with E-state index in [9.17, 15) is 8.42 Å². The molecule has 0 spiro atoms. The number of nitrogens with zero attached hydrogens (tertiary/aromatic N) is 1. The molecule has 5 nitrogen and oxygen atoms in total. The Hall–Kier alpha value is -1.43. The summed E-state index contributed by atoms with van der Waals surface area (Å²) in [6.07, 6.45) is 1.12. The van der Waals surface area contributed by atoms with Crippen LogP contribution in [0.4, 0.5) is 11.4 Å². The van der Waals surface area contributed by atoms with E-state index in [-0.39, 0.29) is 0 Å². The Labute approximate surface area is 89.5 Å². The Morgan fingerprint density at radius 2 is 2.00 bits per heavy atom. The van der Waals surface area contributed by atoms with Crippen molar-refractivity contribution < 1.29 is 13.2 Å². The second-order valence-corrected chi connectivity index (χ2v) is 5.17. The number of methoxy groups -OCH3 is 1. The molecule has 0 aliphatic carbocycles. The molecule has 1 aromatic rings. The van der Waals surface area contributed by atoms with Crippen LogP contribution in [0.25, 0.3) is 0 Å². The fourth-order valence-electron chi connectivity index (χ4n) is 1.12. The molecule has 6 heteroatoms. The summed E-state index contributed by atoms with van der Waals surface area (Å²) in [6, 6.07) is 4.85. The number of hydrogen-bond acceptors (Lipinski definition) is 4. The molecular formula is C9H14N2O3S. The normalized spacial score (nSPS) is 11.1. The molecule has 0 radical (unpaired) electrons. The van der Waals surface area contributed by atoms with Gasteiger partial charge in [-0.15, -0.1) is 0 Å². The maximum atomic E-state index is 11.3. The third-order valence-electron chi connectivity index (χ3n) is 2.07. The minimum Gasteiger partial charge on any atom is -0.497 e. The van der Waals surface area contributed by atoms with Gasteiger partial charge in [0.05, 0.1) is 24.7 Å². The topological polar surface area (TPSA) is 72.6 Å². The van der Waals surface area contributed by atoms with E-state index in [1.54, 1.807) is 18.2 Å². The number of ether oxygens (including phenoxy) is 1. The lowest BCUT2D eigenvalue weighted by atomic mass is 10.2. The highest BCUT2D eigenvalue weighted by Gasteiger charge is 2.14. The van der Waals surface area contributed by atoms with Crippen LogP contribution in [0.1, 0.15) is 0 Å². The average molecular weight is 230 g/mol. The highest BCUT2D eigenvalue weighted by molar-refractivity contribution is 7.92. The minimum atomic E-state index is -3.29. The van der Waals surface area contributed by atoms with E-state index in [4.69, 9.17) is 10.5 Å². The van der Waals surface area contributed by atoms with Gasteiger partial charge in [0.1, 0.15) is 5.75 Å². The SMILES string of the molecule is COc1ccc(N(C)S(C)(=O)=O)c(N)c1. The molecule has 0 amide bonds. The third kappa shape index (κ3) is 2.53. The second kappa shape index (κ2) is 3.98. The number of nitrogen functional groups attached to an aromatic ring is 1. The van der Waals surface area contributed by atoms with Crippen LogP contribution in [0.3, 0.4) is 0 Å². The van der Waals surface area contributed by atoms with Crippen molar-refractivity contribution in [2.75, 3.05) is 30.5 Å². The average Bonchev–Trinajstić information content (AvgIpc) is 2.15. The number of sulfonamides is 1. The van der Waals surface area contributed by atoms with Gasteiger partial charge in [-0.1, -0.05) is 0 Å².